The fourth-order valence-electron chi connectivity index (χ4n) is 3.47. The van der Waals surface area contributed by atoms with Crippen molar-refractivity contribution >= 4 is 52.6 Å². The Morgan fingerprint density at radius 1 is 1.11 bits per heavy atom. The van der Waals surface area contributed by atoms with Crippen LogP contribution in [0.4, 0.5) is 5.69 Å². The Bertz CT molecular complexity index is 1440. The van der Waals surface area contributed by atoms with Gasteiger partial charge in [-0.2, -0.15) is 0 Å². The average molecular weight is 554 g/mol. The predicted octanol–water partition coefficient (Wildman–Crippen LogP) is 6.67. The monoisotopic (exact) mass is 553 g/mol. The van der Waals surface area contributed by atoms with Crippen LogP contribution in [0.15, 0.2) is 84.0 Å². The lowest BCUT2D eigenvalue weighted by Crippen LogP contribution is -2.27. The summed E-state index contributed by atoms with van der Waals surface area (Å²) >= 11 is 14.1. The first-order valence-corrected chi connectivity index (χ1v) is 12.9. The van der Waals surface area contributed by atoms with Gasteiger partial charge in [-0.3, -0.25) is 19.5 Å². The van der Waals surface area contributed by atoms with Crippen molar-refractivity contribution in [2.24, 2.45) is 0 Å². The van der Waals surface area contributed by atoms with Crippen LogP contribution in [0, 0.1) is 10.1 Å². The zero-order chi connectivity index (χ0) is 26.4. The molecule has 188 valence electrons. The van der Waals surface area contributed by atoms with Gasteiger partial charge in [0, 0.05) is 29.0 Å². The van der Waals surface area contributed by atoms with E-state index in [-0.39, 0.29) is 11.6 Å². The number of nitrogens with zero attached hydrogens (tertiary/aromatic N) is 4. The van der Waals surface area contributed by atoms with Crippen molar-refractivity contribution in [3.05, 3.63) is 116 Å². The topological polar surface area (TPSA) is 103 Å². The summed E-state index contributed by atoms with van der Waals surface area (Å²) in [5.41, 5.74) is 2.41. The quantitative estimate of drug-likeness (QED) is 0.107. The summed E-state index contributed by atoms with van der Waals surface area (Å²) in [6.07, 6.45) is 2.94. The standard InChI is InChI=1S/C26H21Cl2N5O3S/c1-17(29-24(34)14-9-18-7-11-21(12-8-18)33(35)36)25-30-31-26(37-16-19-5-3-2-4-6-19)32(25)23-13-10-20(27)15-22(23)28/h2-15,17H,16H2,1H3,(H,29,34)/b14-9+. The maximum absolute atomic E-state index is 12.6. The molecule has 0 fully saturated rings. The molecule has 4 aromatic rings. The molecule has 1 aromatic heterocycles. The summed E-state index contributed by atoms with van der Waals surface area (Å²) in [4.78, 5) is 23.0. The molecule has 0 bridgehead atoms. The molecule has 1 atom stereocenters. The van der Waals surface area contributed by atoms with E-state index < -0.39 is 11.0 Å². The van der Waals surface area contributed by atoms with E-state index >= 15 is 0 Å². The Morgan fingerprint density at radius 3 is 2.51 bits per heavy atom. The predicted molar refractivity (Wildman–Crippen MR) is 146 cm³/mol. The Morgan fingerprint density at radius 2 is 1.84 bits per heavy atom. The Kier molecular flexibility index (Phi) is 8.60. The van der Waals surface area contributed by atoms with E-state index in [1.54, 1.807) is 43.3 Å². The van der Waals surface area contributed by atoms with Gasteiger partial charge in [0.05, 0.1) is 21.7 Å². The van der Waals surface area contributed by atoms with Gasteiger partial charge in [0.1, 0.15) is 0 Å². The van der Waals surface area contributed by atoms with E-state index in [0.717, 1.165) is 5.56 Å². The average Bonchev–Trinajstić information content (AvgIpc) is 3.31. The Labute approximate surface area is 227 Å². The molecule has 0 aliphatic carbocycles. The fourth-order valence-corrected chi connectivity index (χ4v) is 4.87. The van der Waals surface area contributed by atoms with E-state index in [9.17, 15) is 14.9 Å². The number of benzene rings is 3. The summed E-state index contributed by atoms with van der Waals surface area (Å²) in [6.45, 7) is 1.80. The number of aromatic nitrogens is 3. The summed E-state index contributed by atoms with van der Waals surface area (Å²) in [5, 5.41) is 24.0. The number of halogens is 2. The maximum atomic E-state index is 12.6. The molecule has 0 aliphatic heterocycles. The molecule has 0 spiro atoms. The SMILES string of the molecule is CC(NC(=O)/C=C/c1ccc([N+](=O)[O-])cc1)c1nnc(SCc2ccccc2)n1-c1ccc(Cl)cc1Cl. The van der Waals surface area contributed by atoms with Gasteiger partial charge in [-0.25, -0.2) is 0 Å². The number of carbonyl (C=O) groups is 1. The molecule has 1 N–H and O–H groups in total. The number of amides is 1. The molecule has 0 radical (unpaired) electrons. The zero-order valence-corrected chi connectivity index (χ0v) is 21.9. The van der Waals surface area contributed by atoms with Crippen molar-refractivity contribution in [2.75, 3.05) is 0 Å². The van der Waals surface area contributed by atoms with Crippen molar-refractivity contribution in [3.8, 4) is 5.69 Å². The summed E-state index contributed by atoms with van der Waals surface area (Å²) in [7, 11) is 0. The van der Waals surface area contributed by atoms with Crippen LogP contribution in [0.25, 0.3) is 11.8 Å². The molecule has 1 heterocycles. The molecule has 3 aromatic carbocycles. The third-order valence-electron chi connectivity index (χ3n) is 5.30. The van der Waals surface area contributed by atoms with E-state index in [0.29, 0.717) is 38.0 Å². The highest BCUT2D eigenvalue weighted by Gasteiger charge is 2.22. The van der Waals surface area contributed by atoms with E-state index in [2.05, 4.69) is 15.5 Å². The highest BCUT2D eigenvalue weighted by atomic mass is 35.5. The first-order chi connectivity index (χ1) is 17.8. The van der Waals surface area contributed by atoms with Crippen LogP contribution >= 0.6 is 35.0 Å². The van der Waals surface area contributed by atoms with Crippen LogP contribution in [0.5, 0.6) is 0 Å². The zero-order valence-electron chi connectivity index (χ0n) is 19.5. The van der Waals surface area contributed by atoms with Crippen LogP contribution in [-0.2, 0) is 10.5 Å². The normalized spacial score (nSPS) is 12.0. The third-order valence-corrected chi connectivity index (χ3v) is 6.83. The number of nitrogens with one attached hydrogen (secondary N) is 1. The second-order valence-electron chi connectivity index (χ2n) is 7.96. The van der Waals surface area contributed by atoms with Crippen LogP contribution in [0.1, 0.15) is 29.9 Å². The van der Waals surface area contributed by atoms with Crippen molar-refractivity contribution in [1.82, 2.24) is 20.1 Å². The van der Waals surface area contributed by atoms with Gasteiger partial charge >= 0.3 is 0 Å². The Balaban J connectivity index is 1.55. The minimum atomic E-state index is -0.515. The van der Waals surface area contributed by atoms with Crippen molar-refractivity contribution in [2.45, 2.75) is 23.9 Å². The van der Waals surface area contributed by atoms with Gasteiger partial charge < -0.3 is 5.32 Å². The maximum Gasteiger partial charge on any atom is 0.269 e. The van der Waals surface area contributed by atoms with Gasteiger partial charge in [0.25, 0.3) is 5.69 Å². The second kappa shape index (κ2) is 12.1. The molecule has 0 saturated heterocycles. The number of hydrogen-bond acceptors (Lipinski definition) is 6. The number of thioether (sulfide) groups is 1. The third kappa shape index (κ3) is 6.76. The number of nitro groups is 1. The largest absolute Gasteiger partial charge is 0.343 e. The Hall–Kier alpha value is -3.66. The molecule has 8 nitrogen and oxygen atoms in total. The van der Waals surface area contributed by atoms with E-state index in [1.165, 1.54) is 30.0 Å². The molecule has 0 saturated carbocycles. The van der Waals surface area contributed by atoms with E-state index in [1.807, 2.05) is 34.9 Å². The lowest BCUT2D eigenvalue weighted by Gasteiger charge is -2.16. The number of rotatable bonds is 9. The number of non-ortho nitro benzene ring substituents is 1. The first kappa shape index (κ1) is 26.4. The first-order valence-electron chi connectivity index (χ1n) is 11.1. The lowest BCUT2D eigenvalue weighted by molar-refractivity contribution is -0.384. The minimum Gasteiger partial charge on any atom is -0.343 e. The molecule has 37 heavy (non-hydrogen) atoms. The molecule has 0 aliphatic rings. The van der Waals surface area contributed by atoms with Crippen LogP contribution in [0.2, 0.25) is 10.0 Å². The van der Waals surface area contributed by atoms with Crippen molar-refractivity contribution in [3.63, 3.8) is 0 Å². The number of nitro benzene ring substituents is 1. The molecule has 1 unspecified atom stereocenters. The van der Waals surface area contributed by atoms with Crippen LogP contribution in [-0.4, -0.2) is 25.6 Å². The number of carbonyl (C=O) groups excluding carboxylic acids is 1. The molecule has 4 rings (SSSR count). The molecule has 11 heteroatoms. The summed E-state index contributed by atoms with van der Waals surface area (Å²) in [5.74, 6) is 0.807. The van der Waals surface area contributed by atoms with Crippen molar-refractivity contribution < 1.29 is 9.72 Å². The van der Waals surface area contributed by atoms with Gasteiger partial charge in [-0.1, -0.05) is 65.3 Å². The van der Waals surface area contributed by atoms with Gasteiger partial charge in [0.2, 0.25) is 5.91 Å². The molecule has 1 amide bonds. The van der Waals surface area contributed by atoms with Gasteiger partial charge in [-0.05, 0) is 54.5 Å². The van der Waals surface area contributed by atoms with Crippen LogP contribution in [0.3, 0.4) is 0 Å². The smallest absolute Gasteiger partial charge is 0.269 e. The summed E-state index contributed by atoms with van der Waals surface area (Å²) in [6, 6.07) is 20.5. The number of hydrogen-bond donors (Lipinski definition) is 1. The molecular formula is C26H21Cl2N5O3S. The van der Waals surface area contributed by atoms with Gasteiger partial charge in [-0.15, -0.1) is 10.2 Å². The second-order valence-corrected chi connectivity index (χ2v) is 9.74. The summed E-state index contributed by atoms with van der Waals surface area (Å²) < 4.78 is 1.82. The van der Waals surface area contributed by atoms with Crippen molar-refractivity contribution in [1.29, 1.82) is 0 Å². The van der Waals surface area contributed by atoms with Gasteiger partial charge in [0.15, 0.2) is 11.0 Å². The fraction of sp³-hybridized carbons (Fsp3) is 0.115. The highest BCUT2D eigenvalue weighted by Crippen LogP contribution is 2.32. The minimum absolute atomic E-state index is 0.0173. The van der Waals surface area contributed by atoms with Crippen LogP contribution < -0.4 is 5.32 Å². The highest BCUT2D eigenvalue weighted by molar-refractivity contribution is 7.98. The molecular weight excluding hydrogens is 533 g/mol. The lowest BCUT2D eigenvalue weighted by atomic mass is 10.2. The van der Waals surface area contributed by atoms with E-state index in [4.69, 9.17) is 23.2 Å².